The molecular weight excluding hydrogens is 366 g/mol. The van der Waals surface area contributed by atoms with Crippen LogP contribution in [0.5, 0.6) is 0 Å². The van der Waals surface area contributed by atoms with E-state index in [4.69, 9.17) is 0 Å². The highest BCUT2D eigenvalue weighted by Crippen LogP contribution is 2.27. The molecule has 0 fully saturated rings. The maximum atomic E-state index is 13.0. The highest BCUT2D eigenvalue weighted by molar-refractivity contribution is 5.93. The van der Waals surface area contributed by atoms with Crippen molar-refractivity contribution in [1.29, 1.82) is 0 Å². The minimum absolute atomic E-state index is 0.0172. The van der Waals surface area contributed by atoms with Crippen molar-refractivity contribution in [2.45, 2.75) is 45.4 Å². The zero-order valence-electron chi connectivity index (χ0n) is 16.6. The van der Waals surface area contributed by atoms with Gasteiger partial charge in [-0.3, -0.25) is 24.5 Å². The molecule has 1 atom stereocenters. The number of hydrogen-bond donors (Lipinski definition) is 1. The Labute approximate surface area is 169 Å². The largest absolute Gasteiger partial charge is 0.305 e. The molecule has 1 N–H and O–H groups in total. The molecule has 150 valence electrons. The summed E-state index contributed by atoms with van der Waals surface area (Å²) in [5, 5.41) is 0. The number of nitrogens with zero attached hydrogens (tertiary/aromatic N) is 4. The van der Waals surface area contributed by atoms with E-state index in [1.165, 1.54) is 5.57 Å². The molecule has 7 heteroatoms. The van der Waals surface area contributed by atoms with Gasteiger partial charge in [-0.2, -0.15) is 0 Å². The average molecular weight is 391 g/mol. The molecule has 4 heterocycles. The summed E-state index contributed by atoms with van der Waals surface area (Å²) in [7, 11) is 0. The number of anilines is 1. The first-order valence-corrected chi connectivity index (χ1v) is 10.2. The Morgan fingerprint density at radius 2 is 2.24 bits per heavy atom. The molecule has 0 aromatic carbocycles. The van der Waals surface area contributed by atoms with Crippen LogP contribution in [0.25, 0.3) is 11.5 Å². The first kappa shape index (κ1) is 19.2. The fourth-order valence-electron chi connectivity index (χ4n) is 3.86. The summed E-state index contributed by atoms with van der Waals surface area (Å²) in [5.41, 5.74) is 2.28. The number of carbonyl (C=O) groups excluding carboxylic acids is 1. The quantitative estimate of drug-likeness (QED) is 0.847. The van der Waals surface area contributed by atoms with Crippen molar-refractivity contribution in [2.24, 2.45) is 10.9 Å². The standard InChI is InChI=1S/C22H25N5O2/c1-15-10-12-23-14-16(15)6-4-9-19(28)27-13-5-7-17-21(27)25-20(26-22(17)29)18-8-2-3-11-24-18/h2-3,8,11-12,14-15H,4-7,9-10,13H2,1H3,(H,25,26,29). The van der Waals surface area contributed by atoms with Gasteiger partial charge in [0.05, 0.1) is 5.56 Å². The summed E-state index contributed by atoms with van der Waals surface area (Å²) >= 11 is 0. The van der Waals surface area contributed by atoms with Gasteiger partial charge < -0.3 is 4.98 Å². The second-order valence-corrected chi connectivity index (χ2v) is 7.61. The lowest BCUT2D eigenvalue weighted by Crippen LogP contribution is -2.39. The predicted molar refractivity (Wildman–Crippen MR) is 113 cm³/mol. The fraction of sp³-hybridized carbons (Fsp3) is 0.409. The number of amides is 1. The summed E-state index contributed by atoms with van der Waals surface area (Å²) in [6.07, 6.45) is 9.95. The van der Waals surface area contributed by atoms with Gasteiger partial charge in [0.1, 0.15) is 11.5 Å². The van der Waals surface area contributed by atoms with E-state index in [-0.39, 0.29) is 11.5 Å². The van der Waals surface area contributed by atoms with Gasteiger partial charge >= 0.3 is 0 Å². The zero-order valence-corrected chi connectivity index (χ0v) is 16.6. The van der Waals surface area contributed by atoms with E-state index >= 15 is 0 Å². The summed E-state index contributed by atoms with van der Waals surface area (Å²) in [6, 6.07) is 5.45. The lowest BCUT2D eigenvalue weighted by Gasteiger charge is -2.28. The SMILES string of the molecule is CC1CC=NC=C1CCCC(=O)N1CCCc2c1nc(-c1ccccn1)[nH]c2=O. The molecule has 2 aliphatic rings. The van der Waals surface area contributed by atoms with Gasteiger partial charge in [-0.25, -0.2) is 4.98 Å². The number of H-pyrrole nitrogens is 1. The maximum absolute atomic E-state index is 13.0. The number of allylic oxidation sites excluding steroid dienone is 1. The molecule has 0 bridgehead atoms. The van der Waals surface area contributed by atoms with E-state index < -0.39 is 0 Å². The topological polar surface area (TPSA) is 91.3 Å². The molecule has 0 aliphatic carbocycles. The number of hydrogen-bond acceptors (Lipinski definition) is 5. The second kappa shape index (κ2) is 8.51. The lowest BCUT2D eigenvalue weighted by atomic mass is 9.93. The number of nitrogens with one attached hydrogen (secondary N) is 1. The Hall–Kier alpha value is -3.09. The molecule has 0 saturated heterocycles. The predicted octanol–water partition coefficient (Wildman–Crippen LogP) is 3.28. The molecule has 0 spiro atoms. The molecule has 0 radical (unpaired) electrons. The van der Waals surface area contributed by atoms with E-state index in [1.807, 2.05) is 24.5 Å². The van der Waals surface area contributed by atoms with Crippen molar-refractivity contribution >= 4 is 17.9 Å². The Morgan fingerprint density at radius 1 is 1.34 bits per heavy atom. The van der Waals surface area contributed by atoms with E-state index in [0.29, 0.717) is 48.2 Å². The van der Waals surface area contributed by atoms with Crippen molar-refractivity contribution in [3.63, 3.8) is 0 Å². The van der Waals surface area contributed by atoms with E-state index in [9.17, 15) is 9.59 Å². The van der Waals surface area contributed by atoms with Gasteiger partial charge in [0.25, 0.3) is 5.56 Å². The highest BCUT2D eigenvalue weighted by atomic mass is 16.2. The van der Waals surface area contributed by atoms with Gasteiger partial charge in [-0.1, -0.05) is 13.0 Å². The van der Waals surface area contributed by atoms with E-state index in [1.54, 1.807) is 17.2 Å². The van der Waals surface area contributed by atoms with Crippen LogP contribution in [-0.4, -0.2) is 33.6 Å². The van der Waals surface area contributed by atoms with Crippen LogP contribution < -0.4 is 10.5 Å². The Morgan fingerprint density at radius 3 is 3.03 bits per heavy atom. The van der Waals surface area contributed by atoms with Crippen molar-refractivity contribution in [3.8, 4) is 11.5 Å². The van der Waals surface area contributed by atoms with Crippen LogP contribution in [0.1, 0.15) is 44.6 Å². The molecule has 1 amide bonds. The van der Waals surface area contributed by atoms with Crippen LogP contribution in [0.4, 0.5) is 5.82 Å². The molecule has 29 heavy (non-hydrogen) atoms. The lowest BCUT2D eigenvalue weighted by molar-refractivity contribution is -0.118. The number of aromatic amines is 1. The van der Waals surface area contributed by atoms with Crippen molar-refractivity contribution in [2.75, 3.05) is 11.4 Å². The zero-order chi connectivity index (χ0) is 20.2. The van der Waals surface area contributed by atoms with Crippen LogP contribution in [0.2, 0.25) is 0 Å². The van der Waals surface area contributed by atoms with Gasteiger partial charge in [0.2, 0.25) is 5.91 Å². The first-order valence-electron chi connectivity index (χ1n) is 10.2. The molecule has 2 aromatic heterocycles. The number of rotatable bonds is 5. The molecule has 0 saturated carbocycles. The molecule has 2 aromatic rings. The number of carbonyl (C=O) groups is 1. The van der Waals surface area contributed by atoms with Gasteiger partial charge in [-0.05, 0) is 55.7 Å². The number of aliphatic imine (C=N–C) groups is 1. The maximum Gasteiger partial charge on any atom is 0.256 e. The minimum atomic E-state index is -0.188. The molecule has 2 aliphatic heterocycles. The highest BCUT2D eigenvalue weighted by Gasteiger charge is 2.27. The van der Waals surface area contributed by atoms with Gasteiger partial charge in [0.15, 0.2) is 5.82 Å². The van der Waals surface area contributed by atoms with Crippen LogP contribution in [-0.2, 0) is 11.2 Å². The molecule has 4 rings (SSSR count). The molecule has 1 unspecified atom stereocenters. The number of pyridine rings is 1. The molecular formula is C22H25N5O2. The normalized spacial score (nSPS) is 18.3. The summed E-state index contributed by atoms with van der Waals surface area (Å²) in [4.78, 5) is 43.2. The second-order valence-electron chi connectivity index (χ2n) is 7.61. The molecule has 7 nitrogen and oxygen atoms in total. The van der Waals surface area contributed by atoms with Crippen LogP contribution in [0.15, 0.2) is 46.0 Å². The van der Waals surface area contributed by atoms with Crippen LogP contribution in [0, 0.1) is 5.92 Å². The Kier molecular flexibility index (Phi) is 5.64. The summed E-state index contributed by atoms with van der Waals surface area (Å²) in [5.74, 6) is 1.39. The third-order valence-electron chi connectivity index (χ3n) is 5.56. The Balaban J connectivity index is 1.52. The average Bonchev–Trinajstić information content (AvgIpc) is 2.75. The number of fused-ring (bicyclic) bond motifs is 1. The first-order chi connectivity index (χ1) is 14.1. The van der Waals surface area contributed by atoms with Gasteiger partial charge in [0, 0.05) is 31.6 Å². The summed E-state index contributed by atoms with van der Waals surface area (Å²) < 4.78 is 0. The minimum Gasteiger partial charge on any atom is -0.305 e. The van der Waals surface area contributed by atoms with E-state index in [0.717, 1.165) is 25.7 Å². The van der Waals surface area contributed by atoms with Crippen molar-refractivity contribution in [1.82, 2.24) is 15.0 Å². The summed E-state index contributed by atoms with van der Waals surface area (Å²) in [6.45, 7) is 2.78. The smallest absolute Gasteiger partial charge is 0.256 e. The van der Waals surface area contributed by atoms with Gasteiger partial charge in [-0.15, -0.1) is 0 Å². The van der Waals surface area contributed by atoms with Crippen LogP contribution >= 0.6 is 0 Å². The third-order valence-corrected chi connectivity index (χ3v) is 5.56. The third kappa shape index (κ3) is 4.18. The monoisotopic (exact) mass is 391 g/mol. The van der Waals surface area contributed by atoms with E-state index in [2.05, 4.69) is 26.9 Å². The van der Waals surface area contributed by atoms with Crippen molar-refractivity contribution in [3.05, 3.63) is 52.1 Å². The number of aromatic nitrogens is 3. The van der Waals surface area contributed by atoms with Crippen LogP contribution in [0.3, 0.4) is 0 Å². The Bertz CT molecular complexity index is 1010. The fourth-order valence-corrected chi connectivity index (χ4v) is 3.86. The van der Waals surface area contributed by atoms with Crippen molar-refractivity contribution < 1.29 is 4.79 Å².